The van der Waals surface area contributed by atoms with E-state index in [2.05, 4.69) is 16.6 Å². The molecule has 220 valence electrons. The Morgan fingerprint density at radius 1 is 1.31 bits per heavy atom. The van der Waals surface area contributed by atoms with Crippen molar-refractivity contribution in [3.8, 4) is 17.0 Å². The van der Waals surface area contributed by atoms with Crippen molar-refractivity contribution in [3.63, 3.8) is 0 Å². The molecule has 1 aromatic carbocycles. The molecule has 2 amide bonds. The van der Waals surface area contributed by atoms with E-state index in [1.54, 1.807) is 30.3 Å². The number of carbonyl (C=O) groups excluding carboxylic acids is 2. The Labute approximate surface area is 250 Å². The molecule has 1 atom stereocenters. The van der Waals surface area contributed by atoms with Gasteiger partial charge in [0.05, 0.1) is 33.2 Å². The molecule has 2 aromatic heterocycles. The van der Waals surface area contributed by atoms with Gasteiger partial charge in [0, 0.05) is 38.9 Å². The number of aryl methyl sites for hydroxylation is 1. The second kappa shape index (κ2) is 12.7. The zero-order valence-electron chi connectivity index (χ0n) is 24.3. The summed E-state index contributed by atoms with van der Waals surface area (Å²) in [5.41, 5.74) is 2.18. The van der Waals surface area contributed by atoms with E-state index in [9.17, 15) is 14.7 Å². The summed E-state index contributed by atoms with van der Waals surface area (Å²) >= 11 is 6.75. The molecule has 0 aliphatic carbocycles. The van der Waals surface area contributed by atoms with Gasteiger partial charge in [0.25, 0.3) is 0 Å². The van der Waals surface area contributed by atoms with Crippen LogP contribution < -0.4 is 4.90 Å². The quantitative estimate of drug-likeness (QED) is 0.169. The minimum Gasteiger partial charge on any atom is -0.507 e. The van der Waals surface area contributed by atoms with Crippen LogP contribution in [-0.2, 0) is 9.59 Å². The number of pyridine rings is 2. The normalized spacial score (nSPS) is 15.6. The number of hydrogen-bond acceptors (Lipinski definition) is 6. The van der Waals surface area contributed by atoms with Crippen molar-refractivity contribution >= 4 is 41.3 Å². The zero-order chi connectivity index (χ0) is 30.7. The molecule has 0 spiro atoms. The molecular weight excluding hydrogens is 559 g/mol. The fraction of sp³-hybridized carbons (Fsp3) is 0.323. The van der Waals surface area contributed by atoms with E-state index < -0.39 is 5.82 Å². The van der Waals surface area contributed by atoms with Crippen LogP contribution in [0, 0.1) is 12.7 Å². The van der Waals surface area contributed by atoms with Crippen LogP contribution in [0.4, 0.5) is 15.9 Å². The molecule has 0 saturated carbocycles. The number of amides is 2. The summed E-state index contributed by atoms with van der Waals surface area (Å²) in [4.78, 5) is 44.2. The number of phenols is 1. The Balaban J connectivity index is 1.98. The fourth-order valence-corrected chi connectivity index (χ4v) is 5.52. The van der Waals surface area contributed by atoms with E-state index >= 15 is 4.39 Å². The third-order valence-electron chi connectivity index (χ3n) is 7.30. The summed E-state index contributed by atoms with van der Waals surface area (Å²) in [6.45, 7) is 12.7. The first-order valence-electron chi connectivity index (χ1n) is 13.6. The molecule has 4 rings (SSSR count). The number of hydrogen-bond donors (Lipinski definition) is 1. The van der Waals surface area contributed by atoms with E-state index in [1.807, 2.05) is 32.6 Å². The van der Waals surface area contributed by atoms with Gasteiger partial charge in [0.15, 0.2) is 5.82 Å². The number of aliphatic imine (C=N–C) groups is 1. The maximum absolute atomic E-state index is 15.1. The first kappa shape index (κ1) is 30.6. The first-order chi connectivity index (χ1) is 20.0. The van der Waals surface area contributed by atoms with E-state index in [0.717, 1.165) is 5.56 Å². The van der Waals surface area contributed by atoms with Gasteiger partial charge in [-0.2, -0.15) is 0 Å². The van der Waals surface area contributed by atoms with Crippen molar-refractivity contribution in [2.75, 3.05) is 31.6 Å². The molecule has 11 heteroatoms. The van der Waals surface area contributed by atoms with Gasteiger partial charge in [-0.1, -0.05) is 38.1 Å². The second-order valence-electron chi connectivity index (χ2n) is 10.4. The van der Waals surface area contributed by atoms with Crippen molar-refractivity contribution in [1.82, 2.24) is 19.8 Å². The van der Waals surface area contributed by atoms with Gasteiger partial charge in [-0.15, -0.1) is 0 Å². The maximum Gasteiger partial charge on any atom is 0.246 e. The van der Waals surface area contributed by atoms with E-state index in [-0.39, 0.29) is 45.7 Å². The molecule has 1 aliphatic rings. The molecule has 0 bridgehead atoms. The third kappa shape index (κ3) is 5.72. The second-order valence-corrected chi connectivity index (χ2v) is 10.8. The third-order valence-corrected chi connectivity index (χ3v) is 7.59. The Kier molecular flexibility index (Phi) is 9.26. The fourth-order valence-electron chi connectivity index (χ4n) is 5.27. The zero-order valence-corrected chi connectivity index (χ0v) is 25.1. The predicted octanol–water partition coefficient (Wildman–Crippen LogP) is 5.46. The summed E-state index contributed by atoms with van der Waals surface area (Å²) < 4.78 is 15.1. The Morgan fingerprint density at radius 3 is 2.64 bits per heavy atom. The Morgan fingerprint density at radius 2 is 2.05 bits per heavy atom. The highest BCUT2D eigenvalue weighted by molar-refractivity contribution is 6.33. The largest absolute Gasteiger partial charge is 0.507 e. The lowest BCUT2D eigenvalue weighted by atomic mass is 10.0. The van der Waals surface area contributed by atoms with Crippen LogP contribution >= 0.6 is 11.6 Å². The maximum atomic E-state index is 15.1. The smallest absolute Gasteiger partial charge is 0.246 e. The minimum atomic E-state index is -0.720. The summed E-state index contributed by atoms with van der Waals surface area (Å²) in [6.07, 6.45) is 3.61. The number of phenolic OH excluding ortho intramolecular Hbond substituents is 1. The summed E-state index contributed by atoms with van der Waals surface area (Å²) in [7, 11) is 1.62. The van der Waals surface area contributed by atoms with Gasteiger partial charge < -0.3 is 14.9 Å². The predicted molar refractivity (Wildman–Crippen MR) is 163 cm³/mol. The van der Waals surface area contributed by atoms with Crippen LogP contribution in [0.25, 0.3) is 11.3 Å². The number of nitrogens with zero attached hydrogens (tertiary/aromatic N) is 6. The van der Waals surface area contributed by atoms with E-state index in [1.165, 1.54) is 29.2 Å². The molecule has 1 fully saturated rings. The molecular formula is C31H34ClFN6O3. The van der Waals surface area contributed by atoms with Crippen LogP contribution in [0.5, 0.6) is 5.75 Å². The number of aromatic hydroxyl groups is 1. The highest BCUT2D eigenvalue weighted by atomic mass is 35.5. The number of halogens is 2. The number of aromatic nitrogens is 2. The molecule has 1 saturated heterocycles. The number of amidine groups is 1. The van der Waals surface area contributed by atoms with Gasteiger partial charge in [-0.05, 0) is 55.7 Å². The van der Waals surface area contributed by atoms with Crippen molar-refractivity contribution in [1.29, 1.82) is 0 Å². The lowest BCUT2D eigenvalue weighted by Gasteiger charge is -2.41. The number of piperazine rings is 1. The van der Waals surface area contributed by atoms with Crippen LogP contribution in [0.3, 0.4) is 0 Å². The monoisotopic (exact) mass is 592 g/mol. The van der Waals surface area contributed by atoms with Crippen molar-refractivity contribution < 1.29 is 19.1 Å². The molecule has 1 aliphatic heterocycles. The van der Waals surface area contributed by atoms with Crippen LogP contribution in [0.15, 0.2) is 54.2 Å². The highest BCUT2D eigenvalue weighted by Gasteiger charge is 2.33. The molecule has 1 unspecified atom stereocenters. The number of carbonyl (C=O) groups is 2. The number of anilines is 2. The Hall–Kier alpha value is -4.31. The summed E-state index contributed by atoms with van der Waals surface area (Å²) in [6, 6.07) is 7.14. The number of rotatable bonds is 7. The molecule has 42 heavy (non-hydrogen) atoms. The summed E-state index contributed by atoms with van der Waals surface area (Å²) in [5, 5.41) is 10.6. The van der Waals surface area contributed by atoms with Crippen molar-refractivity contribution in [2.24, 2.45) is 4.99 Å². The minimum absolute atomic E-state index is 0.0320. The van der Waals surface area contributed by atoms with Gasteiger partial charge in [-0.3, -0.25) is 24.5 Å². The van der Waals surface area contributed by atoms with E-state index in [4.69, 9.17) is 16.6 Å². The molecule has 1 N–H and O–H groups in total. The SMILES string of the molecule is C=CC(=O)N1CCN(/C(=N/C)c2cc(Cl)c(-c3c(O)cccc3F)nc2N(C=O)c2c(C)ccnc2C(C)C)C(C)C1. The molecule has 9 nitrogen and oxygen atoms in total. The average molecular weight is 593 g/mol. The lowest BCUT2D eigenvalue weighted by molar-refractivity contribution is -0.128. The summed E-state index contributed by atoms with van der Waals surface area (Å²) in [5.74, 6) is -0.632. The van der Waals surface area contributed by atoms with Crippen LogP contribution in [-0.4, -0.2) is 75.8 Å². The van der Waals surface area contributed by atoms with Crippen LogP contribution in [0.1, 0.15) is 43.5 Å². The average Bonchev–Trinajstić information content (AvgIpc) is 2.96. The topological polar surface area (TPSA) is 102 Å². The van der Waals surface area contributed by atoms with Gasteiger partial charge in [0.2, 0.25) is 12.3 Å². The molecule has 0 radical (unpaired) electrons. The van der Waals surface area contributed by atoms with E-state index in [0.29, 0.717) is 48.8 Å². The standard InChI is InChI=1S/C31H34ClFN6O3/c1-7-25(42)37-13-14-38(20(5)16-37)30(34-6)21-15-22(32)28(26-23(33)9-8-10-24(26)41)36-31(21)39(17-40)29-19(4)11-12-35-27(29)18(2)3/h7-12,15,17-18,20,41H,1,13-14,16H2,2-6H3/b34-30+. The van der Waals surface area contributed by atoms with Crippen LogP contribution in [0.2, 0.25) is 5.02 Å². The molecule has 3 aromatic rings. The Bertz CT molecular complexity index is 1540. The van der Waals surface area contributed by atoms with Crippen molar-refractivity contribution in [2.45, 2.75) is 39.7 Å². The van der Waals surface area contributed by atoms with Gasteiger partial charge >= 0.3 is 0 Å². The lowest BCUT2D eigenvalue weighted by Crippen LogP contribution is -2.55. The molecule has 3 heterocycles. The first-order valence-corrected chi connectivity index (χ1v) is 13.9. The van der Waals surface area contributed by atoms with Gasteiger partial charge in [-0.25, -0.2) is 9.37 Å². The van der Waals surface area contributed by atoms with Gasteiger partial charge in [0.1, 0.15) is 17.4 Å². The number of benzene rings is 1. The van der Waals surface area contributed by atoms with Crippen molar-refractivity contribution in [3.05, 3.63) is 76.8 Å². The highest BCUT2D eigenvalue weighted by Crippen LogP contribution is 2.41.